The van der Waals surface area contributed by atoms with Crippen molar-refractivity contribution in [2.45, 2.75) is 32.6 Å². The largest absolute Gasteiger partial charge is 0.469 e. The molecular weight excluding hydrogens is 571 g/mol. The first-order valence-electron chi connectivity index (χ1n) is 16.9. The quantitative estimate of drug-likeness (QED) is 0.138. The van der Waals surface area contributed by atoms with Crippen molar-refractivity contribution in [1.82, 2.24) is 4.57 Å². The maximum Gasteiger partial charge on any atom is 0.244 e. The average Bonchev–Trinajstić information content (AvgIpc) is 3.67. The summed E-state index contributed by atoms with van der Waals surface area (Å²) in [5, 5.41) is 7.51. The van der Waals surface area contributed by atoms with E-state index in [2.05, 4.69) is 150 Å². The van der Waals surface area contributed by atoms with Gasteiger partial charge in [0.05, 0.1) is 22.4 Å². The van der Waals surface area contributed by atoms with Crippen LogP contribution in [-0.2, 0) is 6.42 Å². The molecule has 3 heterocycles. The fraction of sp³-hybridized carbons (Fsp3) is 0.116. The minimum absolute atomic E-state index is 0.724. The van der Waals surface area contributed by atoms with Crippen LogP contribution in [0.5, 0.6) is 0 Å². The van der Waals surface area contributed by atoms with Crippen molar-refractivity contribution in [3.63, 3.8) is 0 Å². The van der Waals surface area contributed by atoms with Gasteiger partial charge in [0, 0.05) is 33.1 Å². The maximum absolute atomic E-state index is 6.64. The van der Waals surface area contributed by atoms with Crippen LogP contribution in [0.15, 0.2) is 138 Å². The second-order valence-corrected chi connectivity index (χ2v) is 12.8. The minimum atomic E-state index is 0.724. The molecule has 47 heavy (non-hydrogen) atoms. The fourth-order valence-electron chi connectivity index (χ4n) is 7.65. The number of hydrogen-bond acceptors (Lipinski definition) is 2. The fourth-order valence-corrected chi connectivity index (χ4v) is 7.65. The molecule has 3 nitrogen and oxygen atoms in total. The normalized spacial score (nSPS) is 12.0. The molecule has 1 aliphatic rings. The molecule has 1 aliphatic heterocycles. The minimum Gasteiger partial charge on any atom is -0.469 e. The van der Waals surface area contributed by atoms with E-state index in [1.165, 1.54) is 80.0 Å². The van der Waals surface area contributed by atoms with Crippen LogP contribution in [0, 0.1) is 0 Å². The molecular formula is C43H35BN2O. The smallest absolute Gasteiger partial charge is 0.244 e. The lowest BCUT2D eigenvalue weighted by atomic mass is 9.62. The number of aromatic nitrogens is 1. The van der Waals surface area contributed by atoms with Crippen molar-refractivity contribution in [1.29, 1.82) is 0 Å². The highest BCUT2D eigenvalue weighted by Gasteiger charge is 2.32. The standard InChI is InChI=1S/C43H35BN2O/c1-2-3-5-14-28-23-25-30(26-24-28)45-36-20-11-8-17-31(36)35-27-34(29-15-6-4-7-16-29)39-32-18-9-12-21-37(32)46-41-33-19-10-13-22-38(33)47-43(41)44-40(35)42(39)46/h4,6-13,15-27,44-45H,2-3,5,14H2,1H3. The van der Waals surface area contributed by atoms with E-state index in [1.54, 1.807) is 0 Å². The van der Waals surface area contributed by atoms with Gasteiger partial charge < -0.3 is 14.3 Å². The number of nitrogens with zero attached hydrogens (tertiary/aromatic N) is 1. The number of hydrogen-bond donors (Lipinski definition) is 1. The molecule has 8 aromatic rings. The monoisotopic (exact) mass is 606 g/mol. The third kappa shape index (κ3) is 4.59. The van der Waals surface area contributed by atoms with Gasteiger partial charge in [0.15, 0.2) is 0 Å². The van der Waals surface area contributed by atoms with Crippen molar-refractivity contribution in [2.75, 3.05) is 5.32 Å². The Hall–Kier alpha value is -5.48. The second-order valence-electron chi connectivity index (χ2n) is 12.8. The van der Waals surface area contributed by atoms with Gasteiger partial charge in [-0.2, -0.15) is 0 Å². The highest BCUT2D eigenvalue weighted by Crippen LogP contribution is 2.43. The Kier molecular flexibility index (Phi) is 6.74. The molecule has 1 N–H and O–H groups in total. The first-order chi connectivity index (χ1) is 23.3. The van der Waals surface area contributed by atoms with Gasteiger partial charge >= 0.3 is 0 Å². The zero-order valence-corrected chi connectivity index (χ0v) is 26.6. The average molecular weight is 607 g/mol. The summed E-state index contributed by atoms with van der Waals surface area (Å²) in [5.74, 6) is 0. The van der Waals surface area contributed by atoms with Gasteiger partial charge in [-0.15, -0.1) is 0 Å². The van der Waals surface area contributed by atoms with Crippen molar-refractivity contribution >= 4 is 62.6 Å². The Bertz CT molecular complexity index is 2420. The van der Waals surface area contributed by atoms with Gasteiger partial charge in [-0.3, -0.25) is 0 Å². The summed E-state index contributed by atoms with van der Waals surface area (Å²) in [6, 6.07) is 48.3. The molecule has 0 saturated heterocycles. The van der Waals surface area contributed by atoms with Crippen molar-refractivity contribution in [2.24, 2.45) is 0 Å². The molecule has 0 unspecified atom stereocenters. The van der Waals surface area contributed by atoms with E-state index < -0.39 is 0 Å². The number of rotatable bonds is 8. The van der Waals surface area contributed by atoms with Gasteiger partial charge in [0.2, 0.25) is 7.28 Å². The SMILES string of the molecule is CCCCCc1ccc(Nc2ccccc2-c2cc(-c3ccccc3)c3c4ccccc4n4c3c2Bc2oc3ccccc3c2-4)cc1. The Labute approximate surface area is 275 Å². The lowest BCUT2D eigenvalue weighted by Gasteiger charge is -2.23. The molecule has 0 atom stereocenters. The molecule has 0 saturated carbocycles. The van der Waals surface area contributed by atoms with Crippen LogP contribution in [0.3, 0.4) is 0 Å². The lowest BCUT2D eigenvalue weighted by molar-refractivity contribution is 0.650. The molecule has 0 fully saturated rings. The number of aryl methyl sites for hydroxylation is 1. The van der Waals surface area contributed by atoms with Crippen molar-refractivity contribution in [3.8, 4) is 27.9 Å². The Morgan fingerprint density at radius 1 is 0.681 bits per heavy atom. The number of fused-ring (bicyclic) bond motifs is 7. The van der Waals surface area contributed by atoms with Crippen LogP contribution in [0.1, 0.15) is 31.7 Å². The lowest BCUT2D eigenvalue weighted by Crippen LogP contribution is -2.36. The zero-order chi connectivity index (χ0) is 31.3. The second kappa shape index (κ2) is 11.4. The number of unbranched alkanes of at least 4 members (excludes halogenated alkanes) is 2. The molecule has 2 aromatic heterocycles. The van der Waals surface area contributed by atoms with Gasteiger partial charge in [0.25, 0.3) is 0 Å². The van der Waals surface area contributed by atoms with Crippen LogP contribution < -0.4 is 16.4 Å². The molecule has 0 radical (unpaired) electrons. The highest BCUT2D eigenvalue weighted by atomic mass is 16.3. The predicted molar refractivity (Wildman–Crippen MR) is 201 cm³/mol. The summed E-state index contributed by atoms with van der Waals surface area (Å²) < 4.78 is 9.12. The van der Waals surface area contributed by atoms with Crippen LogP contribution in [0.25, 0.3) is 60.7 Å². The van der Waals surface area contributed by atoms with Crippen LogP contribution in [0.2, 0.25) is 0 Å². The van der Waals surface area contributed by atoms with Crippen LogP contribution in [0.4, 0.5) is 11.4 Å². The molecule has 9 rings (SSSR count). The van der Waals surface area contributed by atoms with Gasteiger partial charge in [-0.25, -0.2) is 0 Å². The Morgan fingerprint density at radius 2 is 1.43 bits per heavy atom. The maximum atomic E-state index is 6.64. The van der Waals surface area contributed by atoms with Crippen LogP contribution >= 0.6 is 0 Å². The Morgan fingerprint density at radius 3 is 2.28 bits per heavy atom. The molecule has 0 spiro atoms. The Balaban J connectivity index is 1.29. The summed E-state index contributed by atoms with van der Waals surface area (Å²) >= 11 is 0. The van der Waals surface area contributed by atoms with E-state index in [0.717, 1.165) is 41.7 Å². The molecule has 226 valence electrons. The first kappa shape index (κ1) is 27.8. The number of nitrogens with one attached hydrogen (secondary N) is 1. The highest BCUT2D eigenvalue weighted by molar-refractivity contribution is 6.73. The number of para-hydroxylation sites is 3. The predicted octanol–water partition coefficient (Wildman–Crippen LogP) is 10.0. The van der Waals surface area contributed by atoms with Crippen LogP contribution in [-0.4, -0.2) is 11.8 Å². The molecule has 6 aromatic carbocycles. The molecule has 0 bridgehead atoms. The summed E-state index contributed by atoms with van der Waals surface area (Å²) in [6.45, 7) is 2.26. The first-order valence-corrected chi connectivity index (χ1v) is 16.9. The molecule has 0 amide bonds. The van der Waals surface area contributed by atoms with E-state index >= 15 is 0 Å². The van der Waals surface area contributed by atoms with E-state index in [1.807, 2.05) is 0 Å². The summed E-state index contributed by atoms with van der Waals surface area (Å²) in [6.07, 6.45) is 4.90. The van der Waals surface area contributed by atoms with Gasteiger partial charge in [-0.05, 0) is 83.0 Å². The van der Waals surface area contributed by atoms with Gasteiger partial charge in [0.1, 0.15) is 5.58 Å². The van der Waals surface area contributed by atoms with E-state index in [-0.39, 0.29) is 0 Å². The van der Waals surface area contributed by atoms with Crippen molar-refractivity contribution < 1.29 is 4.42 Å². The summed E-state index contributed by atoms with van der Waals surface area (Å²) in [4.78, 5) is 0. The zero-order valence-electron chi connectivity index (χ0n) is 26.6. The van der Waals surface area contributed by atoms with E-state index in [9.17, 15) is 0 Å². The van der Waals surface area contributed by atoms with E-state index in [4.69, 9.17) is 4.42 Å². The van der Waals surface area contributed by atoms with Crippen molar-refractivity contribution in [3.05, 3.63) is 139 Å². The van der Waals surface area contributed by atoms with Gasteiger partial charge in [-0.1, -0.05) is 111 Å². The third-order valence-electron chi connectivity index (χ3n) is 9.85. The van der Waals surface area contributed by atoms with E-state index in [0.29, 0.717) is 0 Å². The number of benzene rings is 6. The third-order valence-corrected chi connectivity index (χ3v) is 9.85. The molecule has 0 aliphatic carbocycles. The number of furan rings is 1. The summed E-state index contributed by atoms with van der Waals surface area (Å²) in [5.41, 5.74) is 15.4. The summed E-state index contributed by atoms with van der Waals surface area (Å²) in [7, 11) is 0.724. The topological polar surface area (TPSA) is 30.1 Å². The number of anilines is 2. The molecule has 4 heteroatoms.